The molecule has 0 aliphatic heterocycles. The summed E-state index contributed by atoms with van der Waals surface area (Å²) in [6.07, 6.45) is 9.57. The maximum absolute atomic E-state index is 12.2. The molecule has 0 radical (unpaired) electrons. The van der Waals surface area contributed by atoms with Crippen LogP contribution < -0.4 is 5.32 Å². The van der Waals surface area contributed by atoms with E-state index in [2.05, 4.69) is 28.2 Å². The predicted octanol–water partition coefficient (Wildman–Crippen LogP) is 3.74. The Morgan fingerprint density at radius 3 is 2.90 bits per heavy atom. The molecule has 1 amide bonds. The summed E-state index contributed by atoms with van der Waals surface area (Å²) >= 11 is 3.43. The van der Waals surface area contributed by atoms with Gasteiger partial charge in [0.15, 0.2) is 0 Å². The minimum absolute atomic E-state index is 0.0265. The van der Waals surface area contributed by atoms with E-state index in [1.807, 2.05) is 16.8 Å². The van der Waals surface area contributed by atoms with E-state index in [9.17, 15) is 4.79 Å². The van der Waals surface area contributed by atoms with Gasteiger partial charge >= 0.3 is 0 Å². The van der Waals surface area contributed by atoms with Crippen molar-refractivity contribution in [2.45, 2.75) is 58.1 Å². The highest BCUT2D eigenvalue weighted by Gasteiger charge is 2.15. The normalized spacial score (nSPS) is 16.1. The number of halogens is 1. The minimum atomic E-state index is -0.0265. The van der Waals surface area contributed by atoms with E-state index >= 15 is 0 Å². The molecule has 0 spiro atoms. The number of aryl methyl sites for hydroxylation is 1. The van der Waals surface area contributed by atoms with Gasteiger partial charge in [0.05, 0.1) is 12.7 Å². The monoisotopic (exact) mass is 356 g/mol. The number of carbonyl (C=O) groups is 1. The molecule has 5 heteroatoms. The first-order valence-corrected chi connectivity index (χ1v) is 8.75. The van der Waals surface area contributed by atoms with Crippen LogP contribution in [0.3, 0.4) is 0 Å². The fraction of sp³-hybridized carbons (Fsp3) is 0.688. The van der Waals surface area contributed by atoms with E-state index in [1.54, 1.807) is 0 Å². The van der Waals surface area contributed by atoms with E-state index in [0.29, 0.717) is 24.9 Å². The van der Waals surface area contributed by atoms with Crippen molar-refractivity contribution >= 4 is 21.8 Å². The molecule has 1 aliphatic rings. The first-order chi connectivity index (χ1) is 10.2. The van der Waals surface area contributed by atoms with Crippen LogP contribution >= 0.6 is 15.9 Å². The lowest BCUT2D eigenvalue weighted by Crippen LogP contribution is -2.30. The minimum Gasteiger partial charge on any atom is -0.376 e. The van der Waals surface area contributed by atoms with Gasteiger partial charge in [-0.05, 0) is 41.3 Å². The number of nitrogens with one attached hydrogen (secondary N) is 1. The van der Waals surface area contributed by atoms with Crippen molar-refractivity contribution < 1.29 is 9.53 Å². The molecule has 1 fully saturated rings. The second-order valence-electron chi connectivity index (χ2n) is 5.62. The molecule has 1 saturated carbocycles. The van der Waals surface area contributed by atoms with Gasteiger partial charge in [0.2, 0.25) is 0 Å². The Hall–Kier alpha value is -0.810. The number of nitrogens with zero attached hydrogens (tertiary/aromatic N) is 1. The highest BCUT2D eigenvalue weighted by Crippen LogP contribution is 2.20. The van der Waals surface area contributed by atoms with Crippen LogP contribution in [-0.2, 0) is 11.3 Å². The fourth-order valence-electron chi connectivity index (χ4n) is 2.80. The number of rotatable bonds is 7. The molecule has 0 saturated heterocycles. The second kappa shape index (κ2) is 8.59. The van der Waals surface area contributed by atoms with Crippen molar-refractivity contribution in [1.82, 2.24) is 9.88 Å². The van der Waals surface area contributed by atoms with Crippen molar-refractivity contribution in [2.24, 2.45) is 0 Å². The van der Waals surface area contributed by atoms with Crippen molar-refractivity contribution in [2.75, 3.05) is 13.2 Å². The second-order valence-corrected chi connectivity index (χ2v) is 6.54. The molecule has 1 aliphatic carbocycles. The van der Waals surface area contributed by atoms with Crippen LogP contribution in [0, 0.1) is 0 Å². The van der Waals surface area contributed by atoms with E-state index in [4.69, 9.17) is 4.74 Å². The van der Waals surface area contributed by atoms with Gasteiger partial charge < -0.3 is 14.6 Å². The quantitative estimate of drug-likeness (QED) is 0.756. The Morgan fingerprint density at radius 2 is 2.19 bits per heavy atom. The van der Waals surface area contributed by atoms with Gasteiger partial charge in [0.1, 0.15) is 5.69 Å². The Morgan fingerprint density at radius 1 is 1.43 bits per heavy atom. The Bertz CT molecular complexity index is 453. The molecule has 1 aromatic heterocycles. The zero-order valence-electron chi connectivity index (χ0n) is 12.7. The van der Waals surface area contributed by atoms with Crippen LogP contribution in [0.15, 0.2) is 16.7 Å². The molecular weight excluding hydrogens is 332 g/mol. The highest BCUT2D eigenvalue weighted by atomic mass is 79.9. The lowest BCUT2D eigenvalue weighted by atomic mass is 9.98. The van der Waals surface area contributed by atoms with Crippen LogP contribution in [0.5, 0.6) is 0 Å². The van der Waals surface area contributed by atoms with Crippen LogP contribution in [-0.4, -0.2) is 29.7 Å². The molecule has 0 unspecified atom stereocenters. The van der Waals surface area contributed by atoms with E-state index in [1.165, 1.54) is 32.1 Å². The molecule has 1 heterocycles. The number of carbonyl (C=O) groups excluding carboxylic acids is 1. The summed E-state index contributed by atoms with van der Waals surface area (Å²) in [4.78, 5) is 12.2. The average Bonchev–Trinajstić information content (AvgIpc) is 2.86. The molecule has 0 bridgehead atoms. The van der Waals surface area contributed by atoms with E-state index < -0.39 is 0 Å². The topological polar surface area (TPSA) is 43.3 Å². The smallest absolute Gasteiger partial charge is 0.268 e. The van der Waals surface area contributed by atoms with Gasteiger partial charge in [-0.3, -0.25) is 4.79 Å². The largest absolute Gasteiger partial charge is 0.376 e. The summed E-state index contributed by atoms with van der Waals surface area (Å²) in [5, 5.41) is 2.95. The van der Waals surface area contributed by atoms with Crippen LogP contribution in [0.1, 0.15) is 55.9 Å². The summed E-state index contributed by atoms with van der Waals surface area (Å²) in [5.74, 6) is -0.0265. The van der Waals surface area contributed by atoms with Crippen LogP contribution in [0.2, 0.25) is 0 Å². The third-order valence-corrected chi connectivity index (χ3v) is 4.29. The first-order valence-electron chi connectivity index (χ1n) is 7.96. The standard InChI is InChI=1S/C16H25BrN2O2/c1-2-9-19-12-13(17)11-15(19)16(20)18-8-10-21-14-6-4-3-5-7-14/h11-12,14H,2-10H2,1H3,(H,18,20). The summed E-state index contributed by atoms with van der Waals surface area (Å²) in [6.45, 7) is 4.14. The molecule has 1 N–H and O–H groups in total. The molecule has 118 valence electrons. The fourth-order valence-corrected chi connectivity index (χ4v) is 3.27. The van der Waals surface area contributed by atoms with Gasteiger partial charge in [-0.1, -0.05) is 26.2 Å². The number of aromatic nitrogens is 1. The Balaban J connectivity index is 1.73. The molecular formula is C16H25BrN2O2. The third kappa shape index (κ3) is 5.15. The average molecular weight is 357 g/mol. The first kappa shape index (κ1) is 16.6. The third-order valence-electron chi connectivity index (χ3n) is 3.85. The maximum Gasteiger partial charge on any atom is 0.268 e. The Kier molecular flexibility index (Phi) is 6.77. The zero-order valence-corrected chi connectivity index (χ0v) is 14.3. The van der Waals surface area contributed by atoms with Gasteiger partial charge in [0, 0.05) is 23.8 Å². The lowest BCUT2D eigenvalue weighted by Gasteiger charge is -2.22. The summed E-state index contributed by atoms with van der Waals surface area (Å²) in [6, 6.07) is 1.87. The molecule has 21 heavy (non-hydrogen) atoms. The van der Waals surface area contributed by atoms with Crippen LogP contribution in [0.25, 0.3) is 0 Å². The summed E-state index contributed by atoms with van der Waals surface area (Å²) in [7, 11) is 0. The molecule has 1 aromatic rings. The van der Waals surface area contributed by atoms with E-state index in [0.717, 1.165) is 17.4 Å². The summed E-state index contributed by atoms with van der Waals surface area (Å²) in [5.41, 5.74) is 0.710. The lowest BCUT2D eigenvalue weighted by molar-refractivity contribution is 0.0299. The molecule has 2 rings (SSSR count). The van der Waals surface area contributed by atoms with Crippen molar-refractivity contribution in [3.05, 3.63) is 22.4 Å². The molecule has 0 atom stereocenters. The SMILES string of the molecule is CCCn1cc(Br)cc1C(=O)NCCOC1CCCCC1. The zero-order chi connectivity index (χ0) is 15.1. The number of ether oxygens (including phenoxy) is 1. The number of hydrogen-bond donors (Lipinski definition) is 1. The molecule has 4 nitrogen and oxygen atoms in total. The maximum atomic E-state index is 12.2. The summed E-state index contributed by atoms with van der Waals surface area (Å²) < 4.78 is 8.75. The van der Waals surface area contributed by atoms with Crippen molar-refractivity contribution in [3.63, 3.8) is 0 Å². The van der Waals surface area contributed by atoms with Crippen LogP contribution in [0.4, 0.5) is 0 Å². The molecule has 0 aromatic carbocycles. The van der Waals surface area contributed by atoms with Crippen molar-refractivity contribution in [3.8, 4) is 0 Å². The number of amides is 1. The van der Waals surface area contributed by atoms with Gasteiger partial charge in [-0.2, -0.15) is 0 Å². The van der Waals surface area contributed by atoms with Gasteiger partial charge in [-0.25, -0.2) is 0 Å². The van der Waals surface area contributed by atoms with Gasteiger partial charge in [0.25, 0.3) is 5.91 Å². The van der Waals surface area contributed by atoms with E-state index in [-0.39, 0.29) is 5.91 Å². The van der Waals surface area contributed by atoms with Crippen molar-refractivity contribution in [1.29, 1.82) is 0 Å². The highest BCUT2D eigenvalue weighted by molar-refractivity contribution is 9.10. The predicted molar refractivity (Wildman–Crippen MR) is 87.6 cm³/mol. The Labute approximate surface area is 135 Å². The number of hydrogen-bond acceptors (Lipinski definition) is 2. The van der Waals surface area contributed by atoms with Gasteiger partial charge in [-0.15, -0.1) is 0 Å².